The molecule has 174 valence electrons. The summed E-state index contributed by atoms with van der Waals surface area (Å²) in [5, 5.41) is 9.91. The molecule has 1 fully saturated rings. The van der Waals surface area contributed by atoms with E-state index in [-0.39, 0.29) is 30.1 Å². The Kier molecular flexibility index (Phi) is 6.83. The van der Waals surface area contributed by atoms with Gasteiger partial charge in [0.05, 0.1) is 19.2 Å². The third-order valence-electron chi connectivity index (χ3n) is 5.97. The lowest BCUT2D eigenvalue weighted by molar-refractivity contribution is -0.121. The van der Waals surface area contributed by atoms with Crippen LogP contribution in [-0.2, 0) is 16.0 Å². The number of thiocarbonyl (C=S) groups is 1. The van der Waals surface area contributed by atoms with Crippen LogP contribution in [0.3, 0.4) is 0 Å². The van der Waals surface area contributed by atoms with Crippen LogP contribution in [0.4, 0.5) is 0 Å². The second-order valence-corrected chi connectivity index (χ2v) is 9.15. The van der Waals surface area contributed by atoms with Crippen LogP contribution >= 0.6 is 12.2 Å². The molecule has 8 heteroatoms. The normalized spacial score (nSPS) is 21.3. The average Bonchev–Trinajstić information content (AvgIpc) is 3.18. The molecule has 1 amide bonds. The molecule has 2 aromatic rings. The minimum Gasteiger partial charge on any atom is -0.487 e. The summed E-state index contributed by atoms with van der Waals surface area (Å²) in [5.74, 6) is 0.342. The molecule has 0 radical (unpaired) electrons. The molecule has 2 aromatic carbocycles. The molecule has 4 rings (SSSR count). The number of fused-ring (bicyclic) bond motifs is 1. The third-order valence-corrected chi connectivity index (χ3v) is 6.21. The first-order chi connectivity index (χ1) is 15.8. The number of methoxy groups -OCH3 is 1. The fraction of sp³-hybridized carbons (Fsp3) is 0.400. The SMILES string of the molecule is COC(=O)c1ccccc1-c1cc(C)cc2c1O[C@H](CNC(=O)C[C@@H]1C[C@@H](C)NC(=S)N1)C2. The summed E-state index contributed by atoms with van der Waals surface area (Å²) < 4.78 is 11.2. The maximum absolute atomic E-state index is 12.5. The van der Waals surface area contributed by atoms with Gasteiger partial charge in [0.15, 0.2) is 5.11 Å². The maximum Gasteiger partial charge on any atom is 0.338 e. The standard InChI is InChI=1S/C25H29N3O4S/c1-14-8-16-11-18(13-26-22(29)12-17-10-15(2)27-25(33)28-17)32-23(16)21(9-14)19-6-4-5-7-20(19)24(30)31-3/h4-9,15,17-18H,10-13H2,1-3H3,(H,26,29)(H2,27,28,33)/t15-,17+,18+/m1/s1. The van der Waals surface area contributed by atoms with E-state index in [0.29, 0.717) is 30.1 Å². The monoisotopic (exact) mass is 467 g/mol. The lowest BCUT2D eigenvalue weighted by atomic mass is 9.94. The molecule has 2 heterocycles. The summed E-state index contributed by atoms with van der Waals surface area (Å²) in [6.45, 7) is 4.49. The number of benzene rings is 2. The van der Waals surface area contributed by atoms with Crippen molar-refractivity contribution in [2.24, 2.45) is 0 Å². The van der Waals surface area contributed by atoms with E-state index < -0.39 is 0 Å². The van der Waals surface area contributed by atoms with Crippen molar-refractivity contribution < 1.29 is 19.1 Å². The van der Waals surface area contributed by atoms with Gasteiger partial charge in [0, 0.05) is 30.5 Å². The van der Waals surface area contributed by atoms with Crippen molar-refractivity contribution in [2.45, 2.75) is 51.3 Å². The second kappa shape index (κ2) is 9.79. The fourth-order valence-corrected chi connectivity index (χ4v) is 4.93. The number of amides is 1. The lowest BCUT2D eigenvalue weighted by Gasteiger charge is -2.30. The van der Waals surface area contributed by atoms with Crippen molar-refractivity contribution in [3.63, 3.8) is 0 Å². The van der Waals surface area contributed by atoms with E-state index in [9.17, 15) is 9.59 Å². The van der Waals surface area contributed by atoms with Crippen LogP contribution in [-0.4, -0.2) is 48.8 Å². The Balaban J connectivity index is 1.44. The molecular formula is C25H29N3O4S. The van der Waals surface area contributed by atoms with Gasteiger partial charge < -0.3 is 25.4 Å². The minimum absolute atomic E-state index is 0.0273. The van der Waals surface area contributed by atoms with Gasteiger partial charge in [-0.3, -0.25) is 4.79 Å². The quantitative estimate of drug-likeness (QED) is 0.445. The Bertz CT molecular complexity index is 1090. The van der Waals surface area contributed by atoms with Crippen molar-refractivity contribution in [3.05, 3.63) is 53.1 Å². The second-order valence-electron chi connectivity index (χ2n) is 8.74. The molecule has 2 aliphatic rings. The molecule has 0 unspecified atom stereocenters. The van der Waals surface area contributed by atoms with E-state index in [1.54, 1.807) is 6.07 Å². The van der Waals surface area contributed by atoms with Gasteiger partial charge in [0.1, 0.15) is 11.9 Å². The number of ether oxygens (including phenoxy) is 2. The predicted molar refractivity (Wildman–Crippen MR) is 130 cm³/mol. The average molecular weight is 468 g/mol. The summed E-state index contributed by atoms with van der Waals surface area (Å²) in [4.78, 5) is 24.8. The molecule has 0 bridgehead atoms. The summed E-state index contributed by atoms with van der Waals surface area (Å²) >= 11 is 5.20. The molecule has 2 aliphatic heterocycles. The first-order valence-electron chi connectivity index (χ1n) is 11.2. The molecule has 0 aromatic heterocycles. The van der Waals surface area contributed by atoms with Crippen LogP contribution < -0.4 is 20.7 Å². The number of carbonyl (C=O) groups is 2. The van der Waals surface area contributed by atoms with Gasteiger partial charge in [-0.25, -0.2) is 4.79 Å². The van der Waals surface area contributed by atoms with Crippen molar-refractivity contribution in [1.82, 2.24) is 16.0 Å². The van der Waals surface area contributed by atoms with Crippen molar-refractivity contribution in [2.75, 3.05) is 13.7 Å². The van der Waals surface area contributed by atoms with Gasteiger partial charge in [-0.1, -0.05) is 24.3 Å². The third kappa shape index (κ3) is 5.27. The van der Waals surface area contributed by atoms with E-state index in [1.165, 1.54) is 7.11 Å². The molecule has 0 spiro atoms. The zero-order valence-electron chi connectivity index (χ0n) is 19.1. The minimum atomic E-state index is -0.386. The summed E-state index contributed by atoms with van der Waals surface area (Å²) in [6.07, 6.45) is 1.72. The highest BCUT2D eigenvalue weighted by atomic mass is 32.1. The Labute approximate surface area is 199 Å². The number of hydrogen-bond donors (Lipinski definition) is 3. The Morgan fingerprint density at radius 3 is 2.76 bits per heavy atom. The van der Waals surface area contributed by atoms with Crippen molar-refractivity contribution >= 4 is 29.2 Å². The molecule has 0 saturated carbocycles. The van der Waals surface area contributed by atoms with Crippen LogP contribution in [0.1, 0.15) is 41.3 Å². The van der Waals surface area contributed by atoms with Crippen molar-refractivity contribution in [3.8, 4) is 16.9 Å². The highest BCUT2D eigenvalue weighted by molar-refractivity contribution is 7.80. The highest BCUT2D eigenvalue weighted by Crippen LogP contribution is 2.41. The number of nitrogens with one attached hydrogen (secondary N) is 3. The molecule has 0 aliphatic carbocycles. The summed E-state index contributed by atoms with van der Waals surface area (Å²) in [5.41, 5.74) is 4.29. The Morgan fingerprint density at radius 2 is 2.00 bits per heavy atom. The Hall–Kier alpha value is -3.13. The van der Waals surface area contributed by atoms with Crippen LogP contribution in [0.15, 0.2) is 36.4 Å². The van der Waals surface area contributed by atoms with E-state index >= 15 is 0 Å². The van der Waals surface area contributed by atoms with E-state index in [2.05, 4.69) is 28.9 Å². The molecule has 3 N–H and O–H groups in total. The molecule has 7 nitrogen and oxygen atoms in total. The van der Waals surface area contributed by atoms with Gasteiger partial charge in [0.25, 0.3) is 0 Å². The smallest absolute Gasteiger partial charge is 0.338 e. The maximum atomic E-state index is 12.5. The van der Waals surface area contributed by atoms with Crippen LogP contribution in [0.5, 0.6) is 5.75 Å². The van der Waals surface area contributed by atoms with Gasteiger partial charge in [-0.15, -0.1) is 0 Å². The van der Waals surface area contributed by atoms with E-state index in [1.807, 2.05) is 31.2 Å². The number of aryl methyl sites for hydroxylation is 1. The lowest BCUT2D eigenvalue weighted by Crippen LogP contribution is -2.54. The van der Waals surface area contributed by atoms with E-state index in [4.69, 9.17) is 21.7 Å². The van der Waals surface area contributed by atoms with Crippen LogP contribution in [0.25, 0.3) is 11.1 Å². The number of carbonyl (C=O) groups excluding carboxylic acids is 2. The largest absolute Gasteiger partial charge is 0.487 e. The molecule has 33 heavy (non-hydrogen) atoms. The van der Waals surface area contributed by atoms with Gasteiger partial charge >= 0.3 is 5.97 Å². The molecule has 1 saturated heterocycles. The van der Waals surface area contributed by atoms with Crippen molar-refractivity contribution in [1.29, 1.82) is 0 Å². The highest BCUT2D eigenvalue weighted by Gasteiger charge is 2.29. The van der Waals surface area contributed by atoms with Crippen LogP contribution in [0.2, 0.25) is 0 Å². The molecule has 3 atom stereocenters. The summed E-state index contributed by atoms with van der Waals surface area (Å²) in [7, 11) is 1.38. The zero-order chi connectivity index (χ0) is 23.5. The molecular weight excluding hydrogens is 438 g/mol. The predicted octanol–water partition coefficient (Wildman–Crippen LogP) is 2.88. The van der Waals surface area contributed by atoms with E-state index in [0.717, 1.165) is 34.4 Å². The number of hydrogen-bond acceptors (Lipinski definition) is 5. The van der Waals surface area contributed by atoms with Gasteiger partial charge in [0.2, 0.25) is 5.91 Å². The first kappa shape index (κ1) is 23.0. The summed E-state index contributed by atoms with van der Waals surface area (Å²) in [6, 6.07) is 11.8. The van der Waals surface area contributed by atoms with Crippen LogP contribution in [0, 0.1) is 6.92 Å². The number of rotatable bonds is 6. The van der Waals surface area contributed by atoms with Gasteiger partial charge in [-0.2, -0.15) is 0 Å². The zero-order valence-corrected chi connectivity index (χ0v) is 19.9. The topological polar surface area (TPSA) is 88.7 Å². The Morgan fingerprint density at radius 1 is 1.21 bits per heavy atom. The first-order valence-corrected chi connectivity index (χ1v) is 11.6. The number of esters is 1. The fourth-order valence-electron chi connectivity index (χ4n) is 4.57. The van der Waals surface area contributed by atoms with Gasteiger partial charge in [-0.05, 0) is 61.3 Å².